The number of nitrogens with zero attached hydrogens (tertiary/aromatic N) is 5. The van der Waals surface area contributed by atoms with Gasteiger partial charge in [0.25, 0.3) is 5.56 Å². The number of rotatable bonds is 4. The molecule has 0 spiro atoms. The zero-order valence-electron chi connectivity index (χ0n) is 15.7. The zero-order valence-corrected chi connectivity index (χ0v) is 15.7. The van der Waals surface area contributed by atoms with Crippen molar-refractivity contribution in [2.45, 2.75) is 20.4 Å². The number of aromatic nitrogens is 5. The normalized spacial score (nSPS) is 11.3. The van der Waals surface area contributed by atoms with Crippen LogP contribution in [-0.4, -0.2) is 29.7 Å². The number of ketones is 1. The van der Waals surface area contributed by atoms with Gasteiger partial charge in [0.2, 0.25) is 0 Å². The fourth-order valence-electron chi connectivity index (χ4n) is 3.48. The van der Waals surface area contributed by atoms with Crippen molar-refractivity contribution in [1.29, 1.82) is 0 Å². The lowest BCUT2D eigenvalue weighted by Crippen LogP contribution is -2.24. The van der Waals surface area contributed by atoms with Crippen LogP contribution in [0.4, 0.5) is 4.39 Å². The molecule has 0 bridgehead atoms. The van der Waals surface area contributed by atoms with E-state index in [1.165, 1.54) is 33.9 Å². The number of benzene rings is 1. The highest BCUT2D eigenvalue weighted by atomic mass is 19.1. The second-order valence-electron chi connectivity index (χ2n) is 6.71. The Hall–Kier alpha value is -3.55. The van der Waals surface area contributed by atoms with Crippen molar-refractivity contribution in [1.82, 2.24) is 23.9 Å². The molecule has 0 atom stereocenters. The summed E-state index contributed by atoms with van der Waals surface area (Å²) < 4.78 is 18.2. The van der Waals surface area contributed by atoms with Crippen molar-refractivity contribution in [3.05, 3.63) is 76.0 Å². The molecule has 1 aromatic carbocycles. The average molecular weight is 379 g/mol. The number of halogens is 1. The molecule has 0 aliphatic heterocycles. The van der Waals surface area contributed by atoms with Crippen LogP contribution in [0, 0.1) is 19.7 Å². The maximum Gasteiger partial charge on any atom is 0.264 e. The Balaban J connectivity index is 1.71. The van der Waals surface area contributed by atoms with Crippen molar-refractivity contribution >= 4 is 16.8 Å². The molecule has 0 aliphatic carbocycles. The Morgan fingerprint density at radius 2 is 2.00 bits per heavy atom. The van der Waals surface area contributed by atoms with E-state index in [0.29, 0.717) is 28.0 Å². The Bertz CT molecular complexity index is 1280. The van der Waals surface area contributed by atoms with E-state index < -0.39 is 0 Å². The number of carbonyl (C=O) groups excluding carboxylic acids is 1. The Labute approximate surface area is 159 Å². The quantitative estimate of drug-likeness (QED) is 0.511. The standard InChI is InChI=1S/C20H18FN5O2/c1-12-7-16(13(2)26(12)15-6-4-5-14(21)8-15)18(27)10-25-11-22-19-17(20(25)28)9-23-24(19)3/h4-9,11H,10H2,1-3H3. The molecule has 4 aromatic rings. The predicted molar refractivity (Wildman–Crippen MR) is 102 cm³/mol. The van der Waals surface area contributed by atoms with E-state index in [0.717, 1.165) is 5.69 Å². The third-order valence-electron chi connectivity index (χ3n) is 4.83. The minimum atomic E-state index is -0.347. The van der Waals surface area contributed by atoms with Gasteiger partial charge in [-0.3, -0.25) is 18.8 Å². The summed E-state index contributed by atoms with van der Waals surface area (Å²) in [5.41, 5.74) is 2.78. The summed E-state index contributed by atoms with van der Waals surface area (Å²) in [6.45, 7) is 3.52. The minimum Gasteiger partial charge on any atom is -0.318 e. The molecular weight excluding hydrogens is 361 g/mol. The Morgan fingerprint density at radius 1 is 1.21 bits per heavy atom. The highest BCUT2D eigenvalue weighted by molar-refractivity contribution is 5.97. The van der Waals surface area contributed by atoms with Crippen LogP contribution in [0.5, 0.6) is 0 Å². The SMILES string of the molecule is Cc1cc(C(=O)Cn2cnc3c(cnn3C)c2=O)c(C)n1-c1cccc(F)c1. The summed E-state index contributed by atoms with van der Waals surface area (Å²) >= 11 is 0. The summed E-state index contributed by atoms with van der Waals surface area (Å²) in [5, 5.41) is 4.39. The first kappa shape index (κ1) is 17.8. The van der Waals surface area contributed by atoms with Gasteiger partial charge >= 0.3 is 0 Å². The molecule has 0 radical (unpaired) electrons. The zero-order chi connectivity index (χ0) is 20.0. The number of hydrogen-bond donors (Lipinski definition) is 0. The molecule has 8 heteroatoms. The van der Waals surface area contributed by atoms with Crippen LogP contribution in [0.15, 0.2) is 47.7 Å². The summed E-state index contributed by atoms with van der Waals surface area (Å²) in [6.07, 6.45) is 2.80. The predicted octanol–water partition coefficient (Wildman–Crippen LogP) is 2.56. The van der Waals surface area contributed by atoms with Gasteiger partial charge in [0.1, 0.15) is 17.5 Å². The van der Waals surface area contributed by atoms with Gasteiger partial charge in [-0.15, -0.1) is 0 Å². The van der Waals surface area contributed by atoms with Gasteiger partial charge in [-0.25, -0.2) is 9.37 Å². The smallest absolute Gasteiger partial charge is 0.264 e. The molecule has 28 heavy (non-hydrogen) atoms. The van der Waals surface area contributed by atoms with Gasteiger partial charge in [-0.1, -0.05) is 6.07 Å². The first-order valence-corrected chi connectivity index (χ1v) is 8.72. The largest absolute Gasteiger partial charge is 0.318 e. The molecule has 3 heterocycles. The van der Waals surface area contributed by atoms with Crippen LogP contribution in [0.1, 0.15) is 21.7 Å². The summed E-state index contributed by atoms with van der Waals surface area (Å²) in [6, 6.07) is 7.95. The van der Waals surface area contributed by atoms with E-state index in [1.54, 1.807) is 32.2 Å². The van der Waals surface area contributed by atoms with Gasteiger partial charge in [0.05, 0.1) is 12.7 Å². The molecular formula is C20H18FN5O2. The minimum absolute atomic E-state index is 0.135. The van der Waals surface area contributed by atoms with E-state index in [-0.39, 0.29) is 23.7 Å². The number of hydrogen-bond acceptors (Lipinski definition) is 4. The third-order valence-corrected chi connectivity index (χ3v) is 4.83. The fraction of sp³-hybridized carbons (Fsp3) is 0.200. The summed E-state index contributed by atoms with van der Waals surface area (Å²) in [4.78, 5) is 29.7. The number of carbonyl (C=O) groups is 1. The Morgan fingerprint density at radius 3 is 2.75 bits per heavy atom. The summed E-state index contributed by atoms with van der Waals surface area (Å²) in [5.74, 6) is -0.567. The topological polar surface area (TPSA) is 74.7 Å². The van der Waals surface area contributed by atoms with E-state index >= 15 is 0 Å². The fourth-order valence-corrected chi connectivity index (χ4v) is 3.48. The van der Waals surface area contributed by atoms with Crippen LogP contribution in [-0.2, 0) is 13.6 Å². The number of aryl methyl sites for hydroxylation is 2. The molecule has 0 fully saturated rings. The lowest BCUT2D eigenvalue weighted by molar-refractivity contribution is 0.0970. The molecule has 0 unspecified atom stereocenters. The van der Waals surface area contributed by atoms with Crippen LogP contribution in [0.2, 0.25) is 0 Å². The van der Waals surface area contributed by atoms with E-state index in [9.17, 15) is 14.0 Å². The van der Waals surface area contributed by atoms with Crippen LogP contribution in [0.25, 0.3) is 16.7 Å². The second kappa shape index (κ2) is 6.56. The average Bonchev–Trinajstić information content (AvgIpc) is 3.17. The molecule has 4 rings (SSSR count). The highest BCUT2D eigenvalue weighted by Crippen LogP contribution is 2.22. The first-order chi connectivity index (χ1) is 13.4. The van der Waals surface area contributed by atoms with Gasteiger partial charge in [-0.05, 0) is 38.1 Å². The van der Waals surface area contributed by atoms with Crippen molar-refractivity contribution in [2.75, 3.05) is 0 Å². The summed E-state index contributed by atoms with van der Waals surface area (Å²) in [7, 11) is 1.70. The van der Waals surface area contributed by atoms with Crippen molar-refractivity contribution < 1.29 is 9.18 Å². The monoisotopic (exact) mass is 379 g/mol. The van der Waals surface area contributed by atoms with E-state index in [4.69, 9.17) is 0 Å². The van der Waals surface area contributed by atoms with Crippen molar-refractivity contribution in [2.24, 2.45) is 7.05 Å². The van der Waals surface area contributed by atoms with Crippen LogP contribution < -0.4 is 5.56 Å². The highest BCUT2D eigenvalue weighted by Gasteiger charge is 2.18. The lowest BCUT2D eigenvalue weighted by atomic mass is 10.1. The molecule has 142 valence electrons. The van der Waals surface area contributed by atoms with Gasteiger partial charge in [0, 0.05) is 29.7 Å². The van der Waals surface area contributed by atoms with Crippen LogP contribution in [0.3, 0.4) is 0 Å². The van der Waals surface area contributed by atoms with E-state index in [1.807, 2.05) is 11.5 Å². The number of fused-ring (bicyclic) bond motifs is 1. The molecule has 0 saturated carbocycles. The second-order valence-corrected chi connectivity index (χ2v) is 6.71. The van der Waals surface area contributed by atoms with Crippen molar-refractivity contribution in [3.63, 3.8) is 0 Å². The molecule has 3 aromatic heterocycles. The lowest BCUT2D eigenvalue weighted by Gasteiger charge is -2.10. The molecule has 0 amide bonds. The maximum atomic E-state index is 13.6. The number of Topliss-reactive ketones (excluding diaryl/α,β-unsaturated/α-hetero) is 1. The van der Waals surface area contributed by atoms with Gasteiger partial charge in [-0.2, -0.15) is 5.10 Å². The maximum absolute atomic E-state index is 13.6. The van der Waals surface area contributed by atoms with Gasteiger partial charge in [0.15, 0.2) is 11.4 Å². The molecule has 0 aliphatic rings. The van der Waals surface area contributed by atoms with Crippen LogP contribution >= 0.6 is 0 Å². The van der Waals surface area contributed by atoms with Crippen molar-refractivity contribution in [3.8, 4) is 5.69 Å². The van der Waals surface area contributed by atoms with Gasteiger partial charge < -0.3 is 4.57 Å². The Kier molecular flexibility index (Phi) is 4.18. The molecule has 0 saturated heterocycles. The molecule has 7 nitrogen and oxygen atoms in total. The molecule has 0 N–H and O–H groups in total. The van der Waals surface area contributed by atoms with E-state index in [2.05, 4.69) is 10.1 Å². The third kappa shape index (κ3) is 2.83. The first-order valence-electron chi connectivity index (χ1n) is 8.72.